The Bertz CT molecular complexity index is 304. The maximum Gasteiger partial charge on any atom is 0.237 e. The minimum absolute atomic E-state index is 0.0443. The number of carbonyl (C=O) groups excluding carboxylic acids is 1. The summed E-state index contributed by atoms with van der Waals surface area (Å²) in [7, 11) is -0.449. The first kappa shape index (κ1) is 15.3. The summed E-state index contributed by atoms with van der Waals surface area (Å²) >= 11 is 0. The van der Waals surface area contributed by atoms with Crippen molar-refractivity contribution < 1.29 is 17.9 Å². The molecule has 0 aliphatic carbocycles. The predicted molar refractivity (Wildman–Crippen MR) is 60.3 cm³/mol. The van der Waals surface area contributed by atoms with Crippen LogP contribution in [0.3, 0.4) is 0 Å². The summed E-state index contributed by atoms with van der Waals surface area (Å²) in [5, 5.41) is 2.44. The van der Waals surface area contributed by atoms with Crippen molar-refractivity contribution in [1.82, 2.24) is 10.0 Å². The number of amides is 1. The van der Waals surface area contributed by atoms with Gasteiger partial charge in [-0.1, -0.05) is 0 Å². The van der Waals surface area contributed by atoms with Gasteiger partial charge < -0.3 is 15.8 Å². The van der Waals surface area contributed by atoms with E-state index in [1.165, 1.54) is 14.2 Å². The third-order valence-corrected chi connectivity index (χ3v) is 3.31. The van der Waals surface area contributed by atoms with Gasteiger partial charge in [0.25, 0.3) is 0 Å². The Kier molecular flexibility index (Phi) is 7.22. The minimum atomic E-state index is -3.29. The van der Waals surface area contributed by atoms with Gasteiger partial charge in [-0.25, -0.2) is 13.1 Å². The van der Waals surface area contributed by atoms with Crippen LogP contribution in [-0.4, -0.2) is 53.4 Å². The molecule has 0 aromatic carbocycles. The van der Waals surface area contributed by atoms with E-state index < -0.39 is 16.1 Å². The lowest BCUT2D eigenvalue weighted by Crippen LogP contribution is -2.43. The number of carbonyl (C=O) groups is 1. The van der Waals surface area contributed by atoms with E-state index in [1.54, 1.807) is 0 Å². The summed E-state index contributed by atoms with van der Waals surface area (Å²) in [5.41, 5.74) is 5.53. The topological polar surface area (TPSA) is 111 Å². The maximum absolute atomic E-state index is 11.3. The molecule has 0 aromatic rings. The zero-order valence-electron chi connectivity index (χ0n) is 9.52. The van der Waals surface area contributed by atoms with Gasteiger partial charge in [0.1, 0.15) is 0 Å². The van der Waals surface area contributed by atoms with Crippen molar-refractivity contribution in [1.29, 1.82) is 0 Å². The number of hydrogen-bond donors (Lipinski definition) is 3. The summed E-state index contributed by atoms with van der Waals surface area (Å²) in [6.45, 7) is 0.437. The van der Waals surface area contributed by atoms with Crippen molar-refractivity contribution in [3.63, 3.8) is 0 Å². The van der Waals surface area contributed by atoms with E-state index in [4.69, 9.17) is 10.5 Å². The third kappa shape index (κ3) is 6.72. The average molecular weight is 253 g/mol. The molecular weight excluding hydrogens is 234 g/mol. The van der Waals surface area contributed by atoms with Crippen LogP contribution in [-0.2, 0) is 19.6 Å². The van der Waals surface area contributed by atoms with E-state index in [-0.39, 0.29) is 18.2 Å². The van der Waals surface area contributed by atoms with Gasteiger partial charge in [-0.2, -0.15) is 0 Å². The van der Waals surface area contributed by atoms with Crippen LogP contribution in [0.5, 0.6) is 0 Å². The van der Waals surface area contributed by atoms with Crippen molar-refractivity contribution >= 4 is 15.9 Å². The second kappa shape index (κ2) is 7.55. The van der Waals surface area contributed by atoms with E-state index in [9.17, 15) is 13.2 Å². The second-order valence-corrected chi connectivity index (χ2v) is 5.25. The molecule has 0 radical (unpaired) electrons. The van der Waals surface area contributed by atoms with Crippen molar-refractivity contribution in [2.24, 2.45) is 5.73 Å². The number of rotatable bonds is 8. The molecule has 0 saturated carbocycles. The van der Waals surface area contributed by atoms with Gasteiger partial charge in [-0.3, -0.25) is 4.79 Å². The molecule has 0 aliphatic rings. The first-order valence-corrected chi connectivity index (χ1v) is 6.51. The molecule has 0 heterocycles. The molecule has 0 aliphatic heterocycles. The highest BCUT2D eigenvalue weighted by molar-refractivity contribution is 7.89. The third-order valence-electron chi connectivity index (χ3n) is 1.95. The zero-order valence-corrected chi connectivity index (χ0v) is 10.3. The maximum atomic E-state index is 11.3. The Labute approximate surface area is 95.8 Å². The molecule has 8 heteroatoms. The summed E-state index contributed by atoms with van der Waals surface area (Å²) in [5.74, 6) is -0.532. The lowest BCUT2D eigenvalue weighted by Gasteiger charge is -2.11. The summed E-state index contributed by atoms with van der Waals surface area (Å²) in [6, 6.07) is -0.669. The molecule has 16 heavy (non-hydrogen) atoms. The average Bonchev–Trinajstić information content (AvgIpc) is 2.25. The van der Waals surface area contributed by atoms with Gasteiger partial charge in [-0.15, -0.1) is 0 Å². The van der Waals surface area contributed by atoms with Crippen LogP contribution in [0, 0.1) is 0 Å². The summed E-state index contributed by atoms with van der Waals surface area (Å²) in [6.07, 6.45) is 0.404. The van der Waals surface area contributed by atoms with Crippen LogP contribution in [0.15, 0.2) is 0 Å². The molecule has 1 amide bonds. The highest BCUT2D eigenvalue weighted by atomic mass is 32.2. The molecule has 0 fully saturated rings. The second-order valence-electron chi connectivity index (χ2n) is 3.20. The molecule has 0 saturated heterocycles. The van der Waals surface area contributed by atoms with E-state index in [0.29, 0.717) is 13.0 Å². The molecule has 7 nitrogen and oxygen atoms in total. The fourth-order valence-corrected chi connectivity index (χ4v) is 1.49. The number of nitrogens with two attached hydrogens (primary N) is 1. The van der Waals surface area contributed by atoms with Crippen LogP contribution < -0.4 is 15.8 Å². The molecule has 0 aromatic heterocycles. The van der Waals surface area contributed by atoms with E-state index >= 15 is 0 Å². The van der Waals surface area contributed by atoms with Crippen LogP contribution in [0.2, 0.25) is 0 Å². The quantitative estimate of drug-likeness (QED) is 0.464. The van der Waals surface area contributed by atoms with Crippen LogP contribution in [0.4, 0.5) is 0 Å². The van der Waals surface area contributed by atoms with Gasteiger partial charge in [-0.05, 0) is 13.5 Å². The lowest BCUT2D eigenvalue weighted by molar-refractivity contribution is -0.122. The Morgan fingerprint density at radius 1 is 1.50 bits per heavy atom. The van der Waals surface area contributed by atoms with Gasteiger partial charge >= 0.3 is 0 Å². The largest absolute Gasteiger partial charge is 0.385 e. The van der Waals surface area contributed by atoms with E-state index in [2.05, 4.69) is 10.0 Å². The number of ether oxygens (including phenoxy) is 1. The number of hydrogen-bond acceptors (Lipinski definition) is 5. The Morgan fingerprint density at radius 2 is 2.12 bits per heavy atom. The first-order chi connectivity index (χ1) is 7.43. The number of nitrogens with one attached hydrogen (secondary N) is 2. The minimum Gasteiger partial charge on any atom is -0.385 e. The van der Waals surface area contributed by atoms with Gasteiger partial charge in [0.15, 0.2) is 0 Å². The van der Waals surface area contributed by atoms with Crippen LogP contribution >= 0.6 is 0 Å². The van der Waals surface area contributed by atoms with Crippen LogP contribution in [0.1, 0.15) is 6.42 Å². The summed E-state index contributed by atoms with van der Waals surface area (Å²) in [4.78, 5) is 11.3. The van der Waals surface area contributed by atoms with Gasteiger partial charge in [0.2, 0.25) is 15.9 Å². The van der Waals surface area contributed by atoms with Crippen LogP contribution in [0.25, 0.3) is 0 Å². The monoisotopic (exact) mass is 253 g/mol. The molecule has 1 atom stereocenters. The molecule has 0 bridgehead atoms. The van der Waals surface area contributed by atoms with E-state index in [0.717, 1.165) is 0 Å². The number of sulfonamides is 1. The fraction of sp³-hybridized carbons (Fsp3) is 0.875. The SMILES string of the molecule is CNS(=O)(=O)CCNC(=O)C(N)CCOC. The first-order valence-electron chi connectivity index (χ1n) is 4.86. The van der Waals surface area contributed by atoms with Gasteiger partial charge in [0, 0.05) is 20.3 Å². The molecule has 96 valence electrons. The van der Waals surface area contributed by atoms with Crippen molar-refractivity contribution in [3.05, 3.63) is 0 Å². The Morgan fingerprint density at radius 3 is 2.62 bits per heavy atom. The lowest BCUT2D eigenvalue weighted by atomic mass is 10.2. The number of methoxy groups -OCH3 is 1. The zero-order chi connectivity index (χ0) is 12.6. The summed E-state index contributed by atoms with van der Waals surface area (Å²) < 4.78 is 28.9. The standard InChI is InChI=1S/C8H19N3O4S/c1-10-16(13,14)6-4-11-8(12)7(9)3-5-15-2/h7,10H,3-6,9H2,1-2H3,(H,11,12). The smallest absolute Gasteiger partial charge is 0.237 e. The fourth-order valence-electron chi connectivity index (χ4n) is 0.918. The normalized spacial score (nSPS) is 13.4. The van der Waals surface area contributed by atoms with Gasteiger partial charge in [0.05, 0.1) is 11.8 Å². The Balaban J connectivity index is 3.81. The van der Waals surface area contributed by atoms with Crippen molar-refractivity contribution in [2.75, 3.05) is 33.1 Å². The highest BCUT2D eigenvalue weighted by Gasteiger charge is 2.13. The van der Waals surface area contributed by atoms with Crippen molar-refractivity contribution in [2.45, 2.75) is 12.5 Å². The molecule has 0 rings (SSSR count). The Hall–Kier alpha value is -0.700. The van der Waals surface area contributed by atoms with Crippen molar-refractivity contribution in [3.8, 4) is 0 Å². The molecule has 0 spiro atoms. The predicted octanol–water partition coefficient (Wildman–Crippen LogP) is -1.98. The molecule has 1 unspecified atom stereocenters. The van der Waals surface area contributed by atoms with E-state index in [1.807, 2.05) is 0 Å². The molecular formula is C8H19N3O4S. The highest BCUT2D eigenvalue weighted by Crippen LogP contribution is 1.89. The molecule has 4 N–H and O–H groups in total.